The van der Waals surface area contributed by atoms with Crippen LogP contribution in [0.1, 0.15) is 19.3 Å². The number of amides is 1. The van der Waals surface area contributed by atoms with E-state index in [9.17, 15) is 13.2 Å². The fraction of sp³-hybridized carbons (Fsp3) is 0.909. The van der Waals surface area contributed by atoms with E-state index in [-0.39, 0.29) is 6.04 Å². The molecule has 2 unspecified atom stereocenters. The highest BCUT2D eigenvalue weighted by Crippen LogP contribution is 2.31. The van der Waals surface area contributed by atoms with Crippen LogP contribution in [0, 0.1) is 0 Å². The molecule has 8 heteroatoms. The minimum Gasteiger partial charge on any atom is -0.368 e. The second-order valence-electron chi connectivity index (χ2n) is 5.62. The molecular formula is C11H22N4O3S. The predicted octanol–water partition coefficient (Wildman–Crippen LogP) is -1.70. The molecule has 1 aliphatic carbocycles. The summed E-state index contributed by atoms with van der Waals surface area (Å²) in [5.41, 5.74) is 10.4. The lowest BCUT2D eigenvalue weighted by Crippen LogP contribution is -2.54. The highest BCUT2D eigenvalue weighted by Gasteiger charge is 2.43. The van der Waals surface area contributed by atoms with Gasteiger partial charge in [0.1, 0.15) is 0 Å². The van der Waals surface area contributed by atoms with E-state index in [1.165, 1.54) is 10.6 Å². The first-order chi connectivity index (χ1) is 8.72. The molecule has 0 aromatic heterocycles. The lowest BCUT2D eigenvalue weighted by Gasteiger charge is -2.37. The maximum absolute atomic E-state index is 11.4. The number of nitrogens with zero attached hydrogens (tertiary/aromatic N) is 2. The molecule has 0 aromatic rings. The number of primary amides is 1. The SMILES string of the molecule is CS(=O)(=O)N1CCN(C2CCC(N)(C(N)=O)C2)CC1. The van der Waals surface area contributed by atoms with Gasteiger partial charge in [-0.25, -0.2) is 8.42 Å². The second-order valence-corrected chi connectivity index (χ2v) is 7.60. The predicted molar refractivity (Wildman–Crippen MR) is 71.7 cm³/mol. The first-order valence-corrected chi connectivity index (χ1v) is 8.35. The number of rotatable bonds is 3. The molecule has 1 amide bonds. The topological polar surface area (TPSA) is 110 Å². The molecule has 7 nitrogen and oxygen atoms in total. The molecular weight excluding hydrogens is 268 g/mol. The lowest BCUT2D eigenvalue weighted by atomic mass is 9.98. The van der Waals surface area contributed by atoms with Gasteiger partial charge in [0.25, 0.3) is 0 Å². The van der Waals surface area contributed by atoms with Crippen LogP contribution in [-0.2, 0) is 14.8 Å². The molecule has 2 fully saturated rings. The number of hydrogen-bond donors (Lipinski definition) is 2. The molecule has 2 aliphatic rings. The Labute approximate surface area is 113 Å². The van der Waals surface area contributed by atoms with Crippen LogP contribution in [0.15, 0.2) is 0 Å². The summed E-state index contributed by atoms with van der Waals surface area (Å²) in [5, 5.41) is 0. The Morgan fingerprint density at radius 1 is 1.26 bits per heavy atom. The summed E-state index contributed by atoms with van der Waals surface area (Å²) < 4.78 is 24.4. The summed E-state index contributed by atoms with van der Waals surface area (Å²) in [7, 11) is -3.10. The van der Waals surface area contributed by atoms with Crippen molar-refractivity contribution in [3.05, 3.63) is 0 Å². The number of nitrogens with two attached hydrogens (primary N) is 2. The number of carbonyl (C=O) groups is 1. The third-order valence-electron chi connectivity index (χ3n) is 4.27. The molecule has 0 radical (unpaired) electrons. The van der Waals surface area contributed by atoms with E-state index in [1.54, 1.807) is 0 Å². The first-order valence-electron chi connectivity index (χ1n) is 6.50. The van der Waals surface area contributed by atoms with Crippen molar-refractivity contribution in [2.45, 2.75) is 30.8 Å². The van der Waals surface area contributed by atoms with Crippen molar-refractivity contribution < 1.29 is 13.2 Å². The average Bonchev–Trinajstić information content (AvgIpc) is 2.72. The van der Waals surface area contributed by atoms with E-state index in [0.29, 0.717) is 39.0 Å². The summed E-state index contributed by atoms with van der Waals surface area (Å²) in [6, 6.07) is 0.235. The maximum Gasteiger partial charge on any atom is 0.237 e. The number of piperazine rings is 1. The summed E-state index contributed by atoms with van der Waals surface area (Å²) in [4.78, 5) is 13.5. The standard InChI is InChI=1S/C11H22N4O3S/c1-19(17,18)15-6-4-14(5-7-15)9-2-3-11(13,8-9)10(12)16/h9H,2-8,13H2,1H3,(H2,12,16). The van der Waals surface area contributed by atoms with Crippen molar-refractivity contribution in [3.8, 4) is 0 Å². The quantitative estimate of drug-likeness (QED) is 0.644. The van der Waals surface area contributed by atoms with Crippen LogP contribution < -0.4 is 11.5 Å². The van der Waals surface area contributed by atoms with Crippen LogP contribution in [0.4, 0.5) is 0 Å². The molecule has 4 N–H and O–H groups in total. The molecule has 1 saturated heterocycles. The fourth-order valence-electron chi connectivity index (χ4n) is 2.98. The lowest BCUT2D eigenvalue weighted by molar-refractivity contribution is -0.123. The zero-order chi connectivity index (χ0) is 14.3. The zero-order valence-electron chi connectivity index (χ0n) is 11.2. The molecule has 0 aromatic carbocycles. The van der Waals surface area contributed by atoms with Crippen molar-refractivity contribution in [2.75, 3.05) is 32.4 Å². The fourth-order valence-corrected chi connectivity index (χ4v) is 3.81. The summed E-state index contributed by atoms with van der Waals surface area (Å²) in [6.07, 6.45) is 3.26. The summed E-state index contributed by atoms with van der Waals surface area (Å²) in [6.45, 7) is 2.38. The van der Waals surface area contributed by atoms with Crippen molar-refractivity contribution in [3.63, 3.8) is 0 Å². The highest BCUT2D eigenvalue weighted by molar-refractivity contribution is 7.88. The van der Waals surface area contributed by atoms with Gasteiger partial charge in [0, 0.05) is 32.2 Å². The molecule has 1 heterocycles. The number of hydrogen-bond acceptors (Lipinski definition) is 5. The monoisotopic (exact) mass is 290 g/mol. The van der Waals surface area contributed by atoms with Gasteiger partial charge in [-0.3, -0.25) is 9.69 Å². The van der Waals surface area contributed by atoms with E-state index in [0.717, 1.165) is 6.42 Å². The number of carbonyl (C=O) groups excluding carboxylic acids is 1. The molecule has 2 rings (SSSR count). The smallest absolute Gasteiger partial charge is 0.237 e. The summed E-state index contributed by atoms with van der Waals surface area (Å²) >= 11 is 0. The normalized spacial score (nSPS) is 34.5. The van der Waals surface area contributed by atoms with Crippen molar-refractivity contribution in [1.82, 2.24) is 9.21 Å². The van der Waals surface area contributed by atoms with Gasteiger partial charge in [-0.1, -0.05) is 0 Å². The third kappa shape index (κ3) is 3.07. The van der Waals surface area contributed by atoms with Crippen LogP contribution in [0.2, 0.25) is 0 Å². The minimum absolute atomic E-state index is 0.235. The van der Waals surface area contributed by atoms with Crippen LogP contribution in [-0.4, -0.2) is 67.5 Å². The molecule has 2 atom stereocenters. The zero-order valence-corrected chi connectivity index (χ0v) is 12.0. The van der Waals surface area contributed by atoms with Crippen molar-refractivity contribution in [2.24, 2.45) is 11.5 Å². The summed E-state index contributed by atoms with van der Waals surface area (Å²) in [5.74, 6) is -0.440. The highest BCUT2D eigenvalue weighted by atomic mass is 32.2. The first kappa shape index (κ1) is 14.7. The largest absolute Gasteiger partial charge is 0.368 e. The van der Waals surface area contributed by atoms with E-state index < -0.39 is 21.5 Å². The Hall–Kier alpha value is -0.700. The van der Waals surface area contributed by atoms with Crippen LogP contribution in [0.25, 0.3) is 0 Å². The van der Waals surface area contributed by atoms with Gasteiger partial charge < -0.3 is 11.5 Å². The van der Waals surface area contributed by atoms with E-state index in [4.69, 9.17) is 11.5 Å². The van der Waals surface area contributed by atoms with Gasteiger partial charge in [0.05, 0.1) is 11.8 Å². The molecule has 19 heavy (non-hydrogen) atoms. The van der Waals surface area contributed by atoms with Crippen LogP contribution in [0.5, 0.6) is 0 Å². The maximum atomic E-state index is 11.4. The van der Waals surface area contributed by atoms with Crippen LogP contribution >= 0.6 is 0 Å². The Balaban J connectivity index is 1.92. The van der Waals surface area contributed by atoms with Crippen LogP contribution in [0.3, 0.4) is 0 Å². The van der Waals surface area contributed by atoms with E-state index in [1.807, 2.05) is 0 Å². The van der Waals surface area contributed by atoms with Gasteiger partial charge in [0.15, 0.2) is 0 Å². The van der Waals surface area contributed by atoms with Crippen molar-refractivity contribution in [1.29, 1.82) is 0 Å². The second kappa shape index (κ2) is 5.01. The van der Waals surface area contributed by atoms with Gasteiger partial charge in [0.2, 0.25) is 15.9 Å². The van der Waals surface area contributed by atoms with Gasteiger partial charge in [-0.15, -0.1) is 0 Å². The molecule has 1 saturated carbocycles. The molecule has 1 aliphatic heterocycles. The Morgan fingerprint density at radius 3 is 2.26 bits per heavy atom. The Morgan fingerprint density at radius 2 is 1.84 bits per heavy atom. The van der Waals surface area contributed by atoms with Crippen molar-refractivity contribution >= 4 is 15.9 Å². The Bertz CT molecular complexity index is 459. The average molecular weight is 290 g/mol. The molecule has 0 spiro atoms. The molecule has 0 bridgehead atoms. The van der Waals surface area contributed by atoms with Gasteiger partial charge >= 0.3 is 0 Å². The minimum atomic E-state index is -3.10. The van der Waals surface area contributed by atoms with E-state index in [2.05, 4.69) is 4.90 Å². The van der Waals surface area contributed by atoms with Gasteiger partial charge in [-0.05, 0) is 19.3 Å². The Kier molecular flexibility index (Phi) is 3.87. The third-order valence-corrected chi connectivity index (χ3v) is 5.58. The number of sulfonamides is 1. The van der Waals surface area contributed by atoms with E-state index >= 15 is 0 Å². The van der Waals surface area contributed by atoms with Gasteiger partial charge in [-0.2, -0.15) is 4.31 Å². The molecule has 110 valence electrons.